The summed E-state index contributed by atoms with van der Waals surface area (Å²) in [4.78, 5) is 17.0. The van der Waals surface area contributed by atoms with Crippen LogP contribution in [-0.2, 0) is 19.6 Å². The normalized spacial score (nSPS) is 20.8. The highest BCUT2D eigenvalue weighted by atomic mass is 32.2. The zero-order valence-electron chi connectivity index (χ0n) is 17.1. The van der Waals surface area contributed by atoms with E-state index in [0.717, 1.165) is 44.8 Å². The molecule has 1 aromatic heterocycles. The number of hydrogen-bond acceptors (Lipinski definition) is 6. The van der Waals surface area contributed by atoms with Crippen LogP contribution in [-0.4, -0.2) is 73.2 Å². The van der Waals surface area contributed by atoms with Crippen molar-refractivity contribution in [1.29, 1.82) is 0 Å². The van der Waals surface area contributed by atoms with Gasteiger partial charge in [-0.05, 0) is 37.6 Å². The monoisotopic (exact) mass is 449 g/mol. The smallest absolute Gasteiger partial charge is 0.267 e. The second-order valence-corrected chi connectivity index (χ2v) is 10.5. The van der Waals surface area contributed by atoms with Crippen molar-refractivity contribution in [2.75, 3.05) is 45.1 Å². The molecule has 1 aromatic carbocycles. The van der Waals surface area contributed by atoms with E-state index in [0.29, 0.717) is 18.0 Å². The number of carbonyl (C=O) groups excluding carboxylic acids is 1. The summed E-state index contributed by atoms with van der Waals surface area (Å²) in [5, 5.41) is -0.294. The van der Waals surface area contributed by atoms with Gasteiger partial charge in [-0.15, -0.1) is 11.8 Å². The molecule has 0 N–H and O–H groups in total. The molecule has 30 heavy (non-hydrogen) atoms. The Morgan fingerprint density at radius 1 is 1.10 bits per heavy atom. The molecule has 162 valence electrons. The van der Waals surface area contributed by atoms with Gasteiger partial charge in [0.05, 0.1) is 29.6 Å². The fourth-order valence-electron chi connectivity index (χ4n) is 3.84. The van der Waals surface area contributed by atoms with Crippen LogP contribution in [0.1, 0.15) is 23.1 Å². The van der Waals surface area contributed by atoms with Gasteiger partial charge in [-0.1, -0.05) is 17.7 Å². The lowest BCUT2D eigenvalue weighted by molar-refractivity contribution is -0.128. The molecule has 2 aliphatic rings. The van der Waals surface area contributed by atoms with Crippen LogP contribution in [0.15, 0.2) is 47.5 Å². The highest BCUT2D eigenvalue weighted by Gasteiger charge is 2.36. The molecule has 2 fully saturated rings. The van der Waals surface area contributed by atoms with E-state index in [1.54, 1.807) is 42.6 Å². The molecule has 1 unspecified atom stereocenters. The van der Waals surface area contributed by atoms with Crippen LogP contribution in [0.25, 0.3) is 0 Å². The third-order valence-electron chi connectivity index (χ3n) is 5.52. The minimum Gasteiger partial charge on any atom is -0.379 e. The van der Waals surface area contributed by atoms with Crippen molar-refractivity contribution in [3.8, 4) is 0 Å². The fourth-order valence-corrected chi connectivity index (χ4v) is 6.52. The molecule has 2 aliphatic heterocycles. The minimum atomic E-state index is -3.72. The Morgan fingerprint density at radius 3 is 2.57 bits per heavy atom. The number of rotatable bonds is 7. The zero-order valence-corrected chi connectivity index (χ0v) is 18.7. The Bertz CT molecular complexity index is 982. The largest absolute Gasteiger partial charge is 0.379 e. The quantitative estimate of drug-likeness (QED) is 0.646. The maximum atomic E-state index is 13.2. The molecular formula is C21H27N3O4S2. The van der Waals surface area contributed by atoms with Gasteiger partial charge in [-0.2, -0.15) is 0 Å². The van der Waals surface area contributed by atoms with Crippen molar-refractivity contribution in [2.45, 2.75) is 23.6 Å². The molecule has 3 heterocycles. The van der Waals surface area contributed by atoms with Crippen LogP contribution in [0.5, 0.6) is 0 Å². The molecule has 2 aromatic rings. The van der Waals surface area contributed by atoms with Crippen LogP contribution in [0.4, 0.5) is 0 Å². The summed E-state index contributed by atoms with van der Waals surface area (Å²) in [6.07, 6.45) is 2.42. The van der Waals surface area contributed by atoms with Crippen LogP contribution >= 0.6 is 11.8 Å². The number of ether oxygens (including phenoxy) is 1. The van der Waals surface area contributed by atoms with Gasteiger partial charge in [0, 0.05) is 32.4 Å². The highest BCUT2D eigenvalue weighted by Crippen LogP contribution is 2.39. The molecule has 1 amide bonds. The van der Waals surface area contributed by atoms with E-state index in [9.17, 15) is 13.2 Å². The summed E-state index contributed by atoms with van der Waals surface area (Å²) in [6, 6.07) is 10.4. The maximum Gasteiger partial charge on any atom is 0.267 e. The predicted octanol–water partition coefficient (Wildman–Crippen LogP) is 2.33. The average molecular weight is 450 g/mol. The number of nitrogens with zero attached hydrogens (tertiary/aromatic N) is 3. The van der Waals surface area contributed by atoms with Crippen molar-refractivity contribution in [2.24, 2.45) is 0 Å². The Kier molecular flexibility index (Phi) is 6.52. The molecule has 1 atom stereocenters. The lowest BCUT2D eigenvalue weighted by Crippen LogP contribution is -2.38. The number of carbonyl (C=O) groups is 1. The van der Waals surface area contributed by atoms with E-state index < -0.39 is 10.0 Å². The molecule has 9 heteroatoms. The van der Waals surface area contributed by atoms with Gasteiger partial charge in [-0.25, -0.2) is 12.4 Å². The molecule has 0 bridgehead atoms. The number of benzene rings is 1. The first-order valence-corrected chi connectivity index (χ1v) is 12.7. The number of morpholine rings is 1. The van der Waals surface area contributed by atoms with E-state index in [-0.39, 0.29) is 16.2 Å². The molecule has 0 saturated carbocycles. The standard InChI is InChI=1S/C21H27N3O4S2/c1-17-5-7-18(8-6-17)30(26,27)24-11-2-4-19(24)21-23(20(25)16-29-21)10-3-9-22-12-14-28-15-13-22/h2,4-8,11,21H,3,9-10,12-16H2,1H3. The van der Waals surface area contributed by atoms with Gasteiger partial charge in [0.25, 0.3) is 10.0 Å². The highest BCUT2D eigenvalue weighted by molar-refractivity contribution is 8.00. The number of hydrogen-bond donors (Lipinski definition) is 0. The second kappa shape index (κ2) is 9.13. The molecule has 7 nitrogen and oxygen atoms in total. The topological polar surface area (TPSA) is 71.9 Å². The van der Waals surface area contributed by atoms with Gasteiger partial charge < -0.3 is 9.64 Å². The number of aryl methyl sites for hydroxylation is 1. The number of amides is 1. The second-order valence-electron chi connectivity index (χ2n) is 7.61. The number of aromatic nitrogens is 1. The summed E-state index contributed by atoms with van der Waals surface area (Å²) in [5.74, 6) is 0.435. The summed E-state index contributed by atoms with van der Waals surface area (Å²) in [5.41, 5.74) is 1.63. The van der Waals surface area contributed by atoms with E-state index in [1.807, 2.05) is 11.8 Å². The van der Waals surface area contributed by atoms with Crippen LogP contribution in [0, 0.1) is 6.92 Å². The van der Waals surface area contributed by atoms with Crippen LogP contribution in [0.2, 0.25) is 0 Å². The first kappa shape index (κ1) is 21.4. The molecule has 0 spiro atoms. The molecule has 0 aliphatic carbocycles. The Hall–Kier alpha value is -1.81. The third kappa shape index (κ3) is 4.44. The first-order valence-electron chi connectivity index (χ1n) is 10.2. The molecule has 4 rings (SSSR count). The van der Waals surface area contributed by atoms with Crippen molar-refractivity contribution in [3.63, 3.8) is 0 Å². The number of thioether (sulfide) groups is 1. The summed E-state index contributed by atoms with van der Waals surface area (Å²) in [6.45, 7) is 6.80. The van der Waals surface area contributed by atoms with E-state index in [4.69, 9.17) is 4.74 Å². The fraction of sp³-hybridized carbons (Fsp3) is 0.476. The van der Waals surface area contributed by atoms with Crippen LogP contribution < -0.4 is 0 Å². The predicted molar refractivity (Wildman–Crippen MR) is 117 cm³/mol. The van der Waals surface area contributed by atoms with Gasteiger partial charge in [0.15, 0.2) is 0 Å². The van der Waals surface area contributed by atoms with Crippen molar-refractivity contribution < 1.29 is 17.9 Å². The zero-order chi connectivity index (χ0) is 21.1. The lowest BCUT2D eigenvalue weighted by Gasteiger charge is -2.29. The van der Waals surface area contributed by atoms with E-state index in [1.165, 1.54) is 15.7 Å². The molecule has 0 radical (unpaired) electrons. The maximum absolute atomic E-state index is 13.2. The summed E-state index contributed by atoms with van der Waals surface area (Å²) < 4.78 is 33.2. The van der Waals surface area contributed by atoms with E-state index >= 15 is 0 Å². The van der Waals surface area contributed by atoms with E-state index in [2.05, 4.69) is 4.90 Å². The SMILES string of the molecule is Cc1ccc(S(=O)(=O)n2cccc2C2SCC(=O)N2CCCN2CCOCC2)cc1. The van der Waals surface area contributed by atoms with Crippen molar-refractivity contribution in [1.82, 2.24) is 13.8 Å². The summed E-state index contributed by atoms with van der Waals surface area (Å²) >= 11 is 1.49. The average Bonchev–Trinajstić information content (AvgIpc) is 3.37. The Morgan fingerprint density at radius 2 is 1.83 bits per heavy atom. The summed E-state index contributed by atoms with van der Waals surface area (Å²) in [7, 11) is -3.72. The van der Waals surface area contributed by atoms with Crippen molar-refractivity contribution >= 4 is 27.7 Å². The molecular weight excluding hydrogens is 422 g/mol. The van der Waals surface area contributed by atoms with Gasteiger partial charge >= 0.3 is 0 Å². The molecule has 2 saturated heterocycles. The third-order valence-corrected chi connectivity index (χ3v) is 8.46. The first-order chi connectivity index (χ1) is 14.5. The van der Waals surface area contributed by atoms with Gasteiger partial charge in [-0.3, -0.25) is 9.69 Å². The van der Waals surface area contributed by atoms with Crippen LogP contribution in [0.3, 0.4) is 0 Å². The van der Waals surface area contributed by atoms with Crippen molar-refractivity contribution in [3.05, 3.63) is 53.9 Å². The lowest BCUT2D eigenvalue weighted by atomic mass is 10.2. The van der Waals surface area contributed by atoms with Gasteiger partial charge in [0.2, 0.25) is 5.91 Å². The minimum absolute atomic E-state index is 0.0625. The Labute approximate surface area is 182 Å². The Balaban J connectivity index is 1.51. The van der Waals surface area contributed by atoms with Gasteiger partial charge in [0.1, 0.15) is 5.37 Å².